The number of hydrogen-bond donors (Lipinski definition) is 1. The molecule has 3 atom stereocenters. The number of hydrogen-bond acceptors (Lipinski definition) is 2. The molecule has 1 aliphatic heterocycles. The highest BCUT2D eigenvalue weighted by Crippen LogP contribution is 2.52. The van der Waals surface area contributed by atoms with Gasteiger partial charge in [0.2, 0.25) is 0 Å². The number of nitrogens with zero attached hydrogens (tertiary/aromatic N) is 1. The van der Waals surface area contributed by atoms with Gasteiger partial charge in [-0.25, -0.2) is 0 Å². The van der Waals surface area contributed by atoms with Crippen LogP contribution in [-0.2, 0) is 0 Å². The Morgan fingerprint density at radius 3 is 2.46 bits per heavy atom. The maximum atomic E-state index is 6.17. The first-order chi connectivity index (χ1) is 5.81. The monoisotopic (exact) mass is 406 g/mol. The van der Waals surface area contributed by atoms with Crippen molar-refractivity contribution in [2.24, 2.45) is 17.6 Å². The third kappa shape index (κ3) is 1.88. The van der Waals surface area contributed by atoms with Crippen molar-refractivity contribution in [2.75, 3.05) is 13.1 Å². The SMILES string of the molecule is CC(C)(I)N1CC2CC(N)(I)C2C1. The average molecular weight is 406 g/mol. The molecule has 4 heteroatoms. The Labute approximate surface area is 107 Å². The fourth-order valence-electron chi connectivity index (χ4n) is 2.45. The van der Waals surface area contributed by atoms with Crippen LogP contribution in [0.3, 0.4) is 0 Å². The highest BCUT2D eigenvalue weighted by atomic mass is 127. The Balaban J connectivity index is 2.03. The zero-order chi connectivity index (χ0) is 9.85. The first-order valence-corrected chi connectivity index (χ1v) is 6.88. The van der Waals surface area contributed by atoms with E-state index in [2.05, 4.69) is 63.9 Å². The van der Waals surface area contributed by atoms with Crippen molar-refractivity contribution in [1.29, 1.82) is 0 Å². The van der Waals surface area contributed by atoms with Crippen molar-refractivity contribution in [3.63, 3.8) is 0 Å². The summed E-state index contributed by atoms with van der Waals surface area (Å²) in [4.78, 5) is 2.57. The minimum atomic E-state index is 0.0963. The summed E-state index contributed by atoms with van der Waals surface area (Å²) in [5.41, 5.74) is 6.17. The summed E-state index contributed by atoms with van der Waals surface area (Å²) in [6.45, 7) is 7.01. The molecule has 1 saturated heterocycles. The van der Waals surface area contributed by atoms with Crippen LogP contribution in [0.4, 0.5) is 0 Å². The van der Waals surface area contributed by atoms with Gasteiger partial charge in [-0.3, -0.25) is 4.90 Å². The van der Waals surface area contributed by atoms with E-state index in [0.29, 0.717) is 3.55 Å². The summed E-state index contributed by atoms with van der Waals surface area (Å²) in [6.07, 6.45) is 1.21. The summed E-state index contributed by atoms with van der Waals surface area (Å²) in [6, 6.07) is 0. The Morgan fingerprint density at radius 1 is 1.46 bits per heavy atom. The minimum absolute atomic E-state index is 0.0963. The fourth-order valence-corrected chi connectivity index (χ4v) is 4.11. The van der Waals surface area contributed by atoms with Crippen molar-refractivity contribution in [1.82, 2.24) is 4.90 Å². The van der Waals surface area contributed by atoms with Crippen molar-refractivity contribution in [2.45, 2.75) is 27.4 Å². The molecule has 2 fully saturated rings. The van der Waals surface area contributed by atoms with Crippen molar-refractivity contribution < 1.29 is 0 Å². The quantitative estimate of drug-likeness (QED) is 0.411. The molecule has 13 heavy (non-hydrogen) atoms. The molecule has 0 bridgehead atoms. The summed E-state index contributed by atoms with van der Waals surface area (Å²) in [7, 11) is 0. The van der Waals surface area contributed by atoms with E-state index in [4.69, 9.17) is 5.73 Å². The van der Waals surface area contributed by atoms with Crippen LogP contribution in [0.15, 0.2) is 0 Å². The second kappa shape index (κ2) is 3.18. The smallest absolute Gasteiger partial charge is 0.0727 e. The molecular formula is C9H16I2N2. The van der Waals surface area contributed by atoms with Gasteiger partial charge < -0.3 is 5.73 Å². The van der Waals surface area contributed by atoms with Gasteiger partial charge in [0, 0.05) is 19.0 Å². The molecule has 2 nitrogen and oxygen atoms in total. The number of alkyl halides is 2. The Bertz CT molecular complexity index is 222. The maximum absolute atomic E-state index is 6.17. The number of rotatable bonds is 1. The van der Waals surface area contributed by atoms with Crippen LogP contribution in [0.2, 0.25) is 0 Å². The van der Waals surface area contributed by atoms with E-state index in [0.717, 1.165) is 11.8 Å². The van der Waals surface area contributed by atoms with E-state index in [1.54, 1.807) is 0 Å². The molecule has 1 heterocycles. The van der Waals surface area contributed by atoms with Gasteiger partial charge in [0.25, 0.3) is 0 Å². The molecule has 3 unspecified atom stereocenters. The largest absolute Gasteiger partial charge is 0.317 e. The number of likely N-dealkylation sites (tertiary alicyclic amines) is 1. The predicted octanol–water partition coefficient (Wildman–Crippen LogP) is 2.20. The van der Waals surface area contributed by atoms with Crippen LogP contribution in [0.5, 0.6) is 0 Å². The molecule has 76 valence electrons. The molecule has 0 aromatic carbocycles. The predicted molar refractivity (Wildman–Crippen MR) is 72.2 cm³/mol. The zero-order valence-corrected chi connectivity index (χ0v) is 12.4. The lowest BCUT2D eigenvalue weighted by molar-refractivity contribution is 0.179. The summed E-state index contributed by atoms with van der Waals surface area (Å²) < 4.78 is 0.390. The van der Waals surface area contributed by atoms with Crippen LogP contribution < -0.4 is 5.73 Å². The molecule has 1 saturated carbocycles. The second-order valence-electron chi connectivity index (χ2n) is 4.81. The van der Waals surface area contributed by atoms with E-state index in [-0.39, 0.29) is 3.55 Å². The van der Waals surface area contributed by atoms with Gasteiger partial charge in [0.05, 0.1) is 7.09 Å². The molecule has 2 rings (SSSR count). The highest BCUT2D eigenvalue weighted by Gasteiger charge is 2.55. The summed E-state index contributed by atoms with van der Waals surface area (Å²) >= 11 is 4.95. The molecule has 0 aromatic heterocycles. The molecule has 2 N–H and O–H groups in total. The van der Waals surface area contributed by atoms with Crippen molar-refractivity contribution in [3.05, 3.63) is 0 Å². The molecule has 2 aliphatic rings. The van der Waals surface area contributed by atoms with Gasteiger partial charge in [-0.15, -0.1) is 0 Å². The second-order valence-corrected chi connectivity index (χ2v) is 9.46. The Hall–Kier alpha value is 1.38. The van der Waals surface area contributed by atoms with Gasteiger partial charge in [-0.05, 0) is 26.2 Å². The fraction of sp³-hybridized carbons (Fsp3) is 1.00. The van der Waals surface area contributed by atoms with Crippen molar-refractivity contribution in [3.8, 4) is 0 Å². The standard InChI is InChI=1S/C9H16I2N2/c1-8(2,10)13-4-6-3-9(11,12)7(6)5-13/h6-7H,3-5,12H2,1-2H3. The van der Waals surface area contributed by atoms with Crippen LogP contribution in [0.25, 0.3) is 0 Å². The van der Waals surface area contributed by atoms with Crippen LogP contribution >= 0.6 is 45.2 Å². The summed E-state index contributed by atoms with van der Waals surface area (Å²) in [5, 5.41) is 0. The molecule has 0 spiro atoms. The molecule has 0 amide bonds. The summed E-state index contributed by atoms with van der Waals surface area (Å²) in [5.74, 6) is 1.61. The number of fused-ring (bicyclic) bond motifs is 1. The van der Waals surface area contributed by atoms with E-state index in [9.17, 15) is 0 Å². The van der Waals surface area contributed by atoms with E-state index >= 15 is 0 Å². The van der Waals surface area contributed by atoms with Crippen LogP contribution in [0.1, 0.15) is 20.3 Å². The van der Waals surface area contributed by atoms with Gasteiger partial charge in [-0.1, -0.05) is 45.2 Å². The first kappa shape index (κ1) is 10.9. The number of nitrogens with two attached hydrogens (primary N) is 1. The lowest BCUT2D eigenvalue weighted by Gasteiger charge is -2.45. The van der Waals surface area contributed by atoms with E-state index < -0.39 is 0 Å². The Morgan fingerprint density at radius 2 is 2.08 bits per heavy atom. The molecule has 0 radical (unpaired) electrons. The van der Waals surface area contributed by atoms with E-state index in [1.807, 2.05) is 0 Å². The number of halogens is 2. The van der Waals surface area contributed by atoms with Gasteiger partial charge >= 0.3 is 0 Å². The molecular weight excluding hydrogens is 390 g/mol. The third-order valence-electron chi connectivity index (χ3n) is 3.38. The average Bonchev–Trinajstić information content (AvgIpc) is 2.26. The lowest BCUT2D eigenvalue weighted by Crippen LogP contribution is -2.55. The van der Waals surface area contributed by atoms with Gasteiger partial charge in [-0.2, -0.15) is 0 Å². The lowest BCUT2D eigenvalue weighted by atomic mass is 9.72. The minimum Gasteiger partial charge on any atom is -0.317 e. The maximum Gasteiger partial charge on any atom is 0.0727 e. The normalized spacial score (nSPS) is 45.9. The van der Waals surface area contributed by atoms with Gasteiger partial charge in [0.1, 0.15) is 0 Å². The first-order valence-electron chi connectivity index (χ1n) is 4.72. The van der Waals surface area contributed by atoms with Crippen LogP contribution in [0, 0.1) is 11.8 Å². The molecule has 1 aliphatic carbocycles. The van der Waals surface area contributed by atoms with E-state index in [1.165, 1.54) is 19.5 Å². The topological polar surface area (TPSA) is 29.3 Å². The third-order valence-corrected chi connectivity index (χ3v) is 5.31. The van der Waals surface area contributed by atoms with Crippen LogP contribution in [-0.4, -0.2) is 25.1 Å². The Kier molecular flexibility index (Phi) is 2.67. The highest BCUT2D eigenvalue weighted by molar-refractivity contribution is 14.1. The van der Waals surface area contributed by atoms with Gasteiger partial charge in [0.15, 0.2) is 0 Å². The zero-order valence-electron chi connectivity index (χ0n) is 8.06. The molecule has 0 aromatic rings. The van der Waals surface area contributed by atoms with Crippen molar-refractivity contribution >= 4 is 45.2 Å².